The Balaban J connectivity index is 1.92. The molecule has 0 saturated heterocycles. The molecule has 1 heterocycles. The maximum absolute atomic E-state index is 5.47. The van der Waals surface area contributed by atoms with Crippen molar-refractivity contribution < 1.29 is 9.15 Å². The molecule has 0 spiro atoms. The van der Waals surface area contributed by atoms with Crippen LogP contribution in [-0.2, 0) is 13.1 Å². The number of anilines is 1. The van der Waals surface area contributed by atoms with Crippen molar-refractivity contribution in [2.75, 3.05) is 12.4 Å². The molecule has 2 aromatic rings. The fraction of sp³-hybridized carbons (Fsp3) is 0.231. The lowest BCUT2D eigenvalue weighted by Gasteiger charge is -2.05. The molecule has 0 aliphatic rings. The van der Waals surface area contributed by atoms with Gasteiger partial charge in [0, 0.05) is 17.8 Å². The zero-order valence-electron chi connectivity index (χ0n) is 9.77. The van der Waals surface area contributed by atoms with Gasteiger partial charge in [0.15, 0.2) is 0 Å². The van der Waals surface area contributed by atoms with Crippen molar-refractivity contribution in [1.82, 2.24) is 0 Å². The van der Waals surface area contributed by atoms with Crippen molar-refractivity contribution in [1.29, 1.82) is 0 Å². The van der Waals surface area contributed by atoms with Gasteiger partial charge in [0.25, 0.3) is 0 Å². The summed E-state index contributed by atoms with van der Waals surface area (Å²) in [4.78, 5) is 0. The number of nitrogens with two attached hydrogens (primary N) is 1. The molecule has 0 bridgehead atoms. The summed E-state index contributed by atoms with van der Waals surface area (Å²) < 4.78 is 10.3. The number of hydrogen-bond acceptors (Lipinski definition) is 4. The topological polar surface area (TPSA) is 60.4 Å². The highest BCUT2D eigenvalue weighted by Crippen LogP contribution is 2.16. The van der Waals surface area contributed by atoms with E-state index >= 15 is 0 Å². The largest absolute Gasteiger partial charge is 0.497 e. The fourth-order valence-corrected chi connectivity index (χ4v) is 1.54. The average molecular weight is 232 g/mol. The third-order valence-corrected chi connectivity index (χ3v) is 2.50. The first-order valence-electron chi connectivity index (χ1n) is 5.46. The molecular weight excluding hydrogens is 216 g/mol. The molecule has 1 aromatic carbocycles. The summed E-state index contributed by atoms with van der Waals surface area (Å²) >= 11 is 0. The molecule has 3 N–H and O–H groups in total. The molecule has 0 unspecified atom stereocenters. The van der Waals surface area contributed by atoms with Gasteiger partial charge >= 0.3 is 0 Å². The van der Waals surface area contributed by atoms with Gasteiger partial charge in [-0.15, -0.1) is 0 Å². The van der Waals surface area contributed by atoms with Gasteiger partial charge in [-0.2, -0.15) is 0 Å². The molecular formula is C13H16N2O2. The van der Waals surface area contributed by atoms with Gasteiger partial charge in [-0.25, -0.2) is 0 Å². The number of nitrogens with one attached hydrogen (secondary N) is 1. The highest BCUT2D eigenvalue weighted by atomic mass is 16.5. The Bertz CT molecular complexity index is 463. The van der Waals surface area contributed by atoms with Gasteiger partial charge in [0.2, 0.25) is 0 Å². The van der Waals surface area contributed by atoms with E-state index in [2.05, 4.69) is 5.32 Å². The van der Waals surface area contributed by atoms with Crippen LogP contribution in [-0.4, -0.2) is 7.11 Å². The molecule has 4 nitrogen and oxygen atoms in total. The molecule has 2 rings (SSSR count). The first kappa shape index (κ1) is 11.5. The summed E-state index contributed by atoms with van der Waals surface area (Å²) in [6.45, 7) is 1.15. The zero-order chi connectivity index (χ0) is 12.1. The summed E-state index contributed by atoms with van der Waals surface area (Å²) in [7, 11) is 1.66. The lowest BCUT2D eigenvalue weighted by Crippen LogP contribution is -1.98. The minimum absolute atomic E-state index is 0.433. The van der Waals surface area contributed by atoms with Gasteiger partial charge < -0.3 is 20.2 Å². The molecule has 0 aliphatic carbocycles. The Labute approximate surface area is 100 Å². The number of methoxy groups -OCH3 is 1. The SMILES string of the molecule is COc1ccc(NCc2coc(CN)c2)cc1. The van der Waals surface area contributed by atoms with Crippen molar-refractivity contribution in [3.63, 3.8) is 0 Å². The summed E-state index contributed by atoms with van der Waals surface area (Å²) in [5, 5.41) is 3.29. The third kappa shape index (κ3) is 3.01. The minimum Gasteiger partial charge on any atom is -0.497 e. The summed E-state index contributed by atoms with van der Waals surface area (Å²) in [5.74, 6) is 1.65. The van der Waals surface area contributed by atoms with Crippen LogP contribution in [0.5, 0.6) is 5.75 Å². The number of rotatable bonds is 5. The summed E-state index contributed by atoms with van der Waals surface area (Å²) in [6.07, 6.45) is 1.72. The maximum Gasteiger partial charge on any atom is 0.119 e. The Hall–Kier alpha value is -1.94. The molecule has 17 heavy (non-hydrogen) atoms. The maximum atomic E-state index is 5.47. The van der Waals surface area contributed by atoms with Crippen LogP contribution in [0.2, 0.25) is 0 Å². The molecule has 1 aromatic heterocycles. The Kier molecular flexibility index (Phi) is 3.67. The molecule has 0 fully saturated rings. The molecule has 0 atom stereocenters. The molecule has 0 amide bonds. The highest BCUT2D eigenvalue weighted by molar-refractivity contribution is 5.46. The second-order valence-corrected chi connectivity index (χ2v) is 3.71. The lowest BCUT2D eigenvalue weighted by atomic mass is 10.2. The molecule has 4 heteroatoms. The molecule has 0 saturated carbocycles. The van der Waals surface area contributed by atoms with E-state index in [0.717, 1.165) is 29.3 Å². The number of ether oxygens (including phenoxy) is 1. The Morgan fingerprint density at radius 2 is 2.06 bits per heavy atom. The molecule has 90 valence electrons. The van der Waals surface area contributed by atoms with Gasteiger partial charge in [-0.3, -0.25) is 0 Å². The van der Waals surface area contributed by atoms with Crippen LogP contribution < -0.4 is 15.8 Å². The predicted octanol–water partition coefficient (Wildman–Crippen LogP) is 2.36. The van der Waals surface area contributed by atoms with E-state index in [0.29, 0.717) is 6.54 Å². The van der Waals surface area contributed by atoms with Gasteiger partial charge in [0.05, 0.1) is 19.9 Å². The second kappa shape index (κ2) is 5.41. The van der Waals surface area contributed by atoms with Gasteiger partial charge in [0.1, 0.15) is 11.5 Å². The normalized spacial score (nSPS) is 10.2. The van der Waals surface area contributed by atoms with Crippen LogP contribution in [0, 0.1) is 0 Å². The van der Waals surface area contributed by atoms with Crippen LogP contribution in [0.15, 0.2) is 41.0 Å². The first-order valence-corrected chi connectivity index (χ1v) is 5.46. The highest BCUT2D eigenvalue weighted by Gasteiger charge is 2.00. The Morgan fingerprint density at radius 3 is 2.65 bits per heavy atom. The van der Waals surface area contributed by atoms with Crippen molar-refractivity contribution in [2.24, 2.45) is 5.73 Å². The smallest absolute Gasteiger partial charge is 0.119 e. The van der Waals surface area contributed by atoms with E-state index in [4.69, 9.17) is 14.9 Å². The van der Waals surface area contributed by atoms with E-state index in [1.54, 1.807) is 13.4 Å². The predicted molar refractivity (Wildman–Crippen MR) is 66.9 cm³/mol. The van der Waals surface area contributed by atoms with E-state index in [1.165, 1.54) is 0 Å². The average Bonchev–Trinajstić information content (AvgIpc) is 2.85. The van der Waals surface area contributed by atoms with Crippen LogP contribution in [0.1, 0.15) is 11.3 Å². The molecule has 0 aliphatic heterocycles. The lowest BCUT2D eigenvalue weighted by molar-refractivity contribution is 0.415. The quantitative estimate of drug-likeness (QED) is 0.830. The number of benzene rings is 1. The van der Waals surface area contributed by atoms with E-state index in [-0.39, 0.29) is 0 Å². The van der Waals surface area contributed by atoms with Crippen molar-refractivity contribution in [2.45, 2.75) is 13.1 Å². The van der Waals surface area contributed by atoms with E-state index in [9.17, 15) is 0 Å². The monoisotopic (exact) mass is 232 g/mol. The van der Waals surface area contributed by atoms with Crippen LogP contribution in [0.25, 0.3) is 0 Å². The van der Waals surface area contributed by atoms with Gasteiger partial charge in [-0.05, 0) is 30.3 Å². The number of hydrogen-bond donors (Lipinski definition) is 2. The van der Waals surface area contributed by atoms with Crippen molar-refractivity contribution in [3.05, 3.63) is 47.9 Å². The van der Waals surface area contributed by atoms with Crippen molar-refractivity contribution in [3.8, 4) is 5.75 Å². The van der Waals surface area contributed by atoms with Gasteiger partial charge in [-0.1, -0.05) is 0 Å². The fourth-order valence-electron chi connectivity index (χ4n) is 1.54. The molecule has 0 radical (unpaired) electrons. The Morgan fingerprint density at radius 1 is 1.29 bits per heavy atom. The standard InChI is InChI=1S/C13H16N2O2/c1-16-12-4-2-11(3-5-12)15-8-10-6-13(7-14)17-9-10/h2-6,9,15H,7-8,14H2,1H3. The summed E-state index contributed by atoms with van der Waals surface area (Å²) in [5.41, 5.74) is 7.60. The second-order valence-electron chi connectivity index (χ2n) is 3.71. The van der Waals surface area contributed by atoms with Crippen LogP contribution in [0.3, 0.4) is 0 Å². The zero-order valence-corrected chi connectivity index (χ0v) is 9.77. The number of furan rings is 1. The minimum atomic E-state index is 0.433. The summed E-state index contributed by atoms with van der Waals surface area (Å²) in [6, 6.07) is 9.74. The first-order chi connectivity index (χ1) is 8.31. The van der Waals surface area contributed by atoms with E-state index < -0.39 is 0 Å². The van der Waals surface area contributed by atoms with Crippen molar-refractivity contribution >= 4 is 5.69 Å². The third-order valence-electron chi connectivity index (χ3n) is 2.50. The van der Waals surface area contributed by atoms with E-state index in [1.807, 2.05) is 30.3 Å². The van der Waals surface area contributed by atoms with Crippen LogP contribution in [0.4, 0.5) is 5.69 Å². The van der Waals surface area contributed by atoms with Crippen LogP contribution >= 0.6 is 0 Å².